The molecule has 2 heterocycles. The lowest BCUT2D eigenvalue weighted by Gasteiger charge is -2.34. The summed E-state index contributed by atoms with van der Waals surface area (Å²) in [6.07, 6.45) is 0.666. The molecule has 0 bridgehead atoms. The van der Waals surface area contributed by atoms with Gasteiger partial charge >= 0.3 is 0 Å². The van der Waals surface area contributed by atoms with Gasteiger partial charge in [-0.15, -0.1) is 0 Å². The van der Waals surface area contributed by atoms with Gasteiger partial charge in [0, 0.05) is 45.3 Å². The van der Waals surface area contributed by atoms with Crippen molar-refractivity contribution in [3.8, 4) is 5.75 Å². The van der Waals surface area contributed by atoms with Crippen LogP contribution in [-0.2, 0) is 11.2 Å². The molecule has 3 rings (SSSR count). The van der Waals surface area contributed by atoms with Crippen molar-refractivity contribution in [3.05, 3.63) is 47.3 Å². The van der Waals surface area contributed by atoms with Crippen LogP contribution in [0, 0.1) is 6.92 Å². The molecule has 154 valence electrons. The molecule has 2 aromatic rings. The summed E-state index contributed by atoms with van der Waals surface area (Å²) in [5, 5.41) is 2.92. The first kappa shape index (κ1) is 20.6. The zero-order chi connectivity index (χ0) is 20.8. The normalized spacial score (nSPS) is 13.9. The first-order valence-electron chi connectivity index (χ1n) is 9.74. The number of carbonyl (C=O) groups excluding carboxylic acids is 2. The van der Waals surface area contributed by atoms with Gasteiger partial charge in [-0.05, 0) is 31.0 Å². The number of aromatic nitrogens is 2. The predicted molar refractivity (Wildman–Crippen MR) is 110 cm³/mol. The topological polar surface area (TPSA) is 87.7 Å². The SMILES string of the molecule is COc1ccccc1CCNC(=O)c1cc(C)nc(N2CCN(C(C)=O)CC2)n1. The summed E-state index contributed by atoms with van der Waals surface area (Å²) in [7, 11) is 1.64. The number of benzene rings is 1. The van der Waals surface area contributed by atoms with E-state index in [0.29, 0.717) is 50.8 Å². The molecular formula is C21H27N5O3. The second kappa shape index (κ2) is 9.36. The number of amides is 2. The van der Waals surface area contributed by atoms with Crippen molar-refractivity contribution in [2.75, 3.05) is 44.7 Å². The molecule has 1 N–H and O–H groups in total. The third-order valence-corrected chi connectivity index (χ3v) is 4.96. The fourth-order valence-electron chi connectivity index (χ4n) is 3.34. The molecule has 1 aliphatic heterocycles. The van der Waals surface area contributed by atoms with E-state index in [2.05, 4.69) is 15.3 Å². The molecular weight excluding hydrogens is 370 g/mol. The minimum Gasteiger partial charge on any atom is -0.496 e. The van der Waals surface area contributed by atoms with Crippen molar-refractivity contribution < 1.29 is 14.3 Å². The van der Waals surface area contributed by atoms with Gasteiger partial charge in [-0.3, -0.25) is 9.59 Å². The Balaban J connectivity index is 1.61. The first-order valence-corrected chi connectivity index (χ1v) is 9.74. The maximum absolute atomic E-state index is 12.6. The zero-order valence-corrected chi connectivity index (χ0v) is 17.1. The Labute approximate surface area is 170 Å². The van der Waals surface area contributed by atoms with E-state index in [9.17, 15) is 9.59 Å². The molecule has 29 heavy (non-hydrogen) atoms. The standard InChI is InChI=1S/C21H27N5O3/c1-15-14-18(20(28)22-9-8-17-6-4-5-7-19(17)29-3)24-21(23-15)26-12-10-25(11-13-26)16(2)27/h4-7,14H,8-13H2,1-3H3,(H,22,28). The van der Waals surface area contributed by atoms with Crippen LogP contribution in [0.3, 0.4) is 0 Å². The summed E-state index contributed by atoms with van der Waals surface area (Å²) in [6.45, 7) is 6.47. The van der Waals surface area contributed by atoms with Crippen molar-refractivity contribution in [2.24, 2.45) is 0 Å². The van der Waals surface area contributed by atoms with Crippen LogP contribution in [0.25, 0.3) is 0 Å². The van der Waals surface area contributed by atoms with Crippen molar-refractivity contribution >= 4 is 17.8 Å². The second-order valence-electron chi connectivity index (χ2n) is 7.01. The van der Waals surface area contributed by atoms with Gasteiger partial charge in [-0.2, -0.15) is 0 Å². The number of hydrogen-bond acceptors (Lipinski definition) is 6. The van der Waals surface area contributed by atoms with Gasteiger partial charge in [0.15, 0.2) is 0 Å². The smallest absolute Gasteiger partial charge is 0.270 e. The summed E-state index contributed by atoms with van der Waals surface area (Å²) in [4.78, 5) is 36.9. The average molecular weight is 397 g/mol. The third-order valence-electron chi connectivity index (χ3n) is 4.96. The van der Waals surface area contributed by atoms with E-state index in [4.69, 9.17) is 4.74 Å². The van der Waals surface area contributed by atoms with Gasteiger partial charge in [0.1, 0.15) is 11.4 Å². The fraction of sp³-hybridized carbons (Fsp3) is 0.429. The molecule has 0 atom stereocenters. The molecule has 8 heteroatoms. The molecule has 1 aromatic carbocycles. The van der Waals surface area contributed by atoms with E-state index in [0.717, 1.165) is 17.0 Å². The van der Waals surface area contributed by atoms with Crippen LogP contribution in [-0.4, -0.2) is 66.5 Å². The number of nitrogens with one attached hydrogen (secondary N) is 1. The number of methoxy groups -OCH3 is 1. The lowest BCUT2D eigenvalue weighted by molar-refractivity contribution is -0.129. The van der Waals surface area contributed by atoms with Gasteiger partial charge in [0.05, 0.1) is 7.11 Å². The molecule has 1 saturated heterocycles. The molecule has 0 saturated carbocycles. The minimum absolute atomic E-state index is 0.0740. The van der Waals surface area contributed by atoms with Crippen LogP contribution in [0.5, 0.6) is 5.75 Å². The highest BCUT2D eigenvalue weighted by Crippen LogP contribution is 2.17. The number of anilines is 1. The fourth-order valence-corrected chi connectivity index (χ4v) is 3.34. The van der Waals surface area contributed by atoms with Crippen molar-refractivity contribution in [2.45, 2.75) is 20.3 Å². The Morgan fingerprint density at radius 3 is 2.55 bits per heavy atom. The Bertz CT molecular complexity index is 878. The summed E-state index contributed by atoms with van der Waals surface area (Å²) in [5.41, 5.74) is 2.12. The summed E-state index contributed by atoms with van der Waals surface area (Å²) in [6, 6.07) is 9.45. The van der Waals surface area contributed by atoms with Gasteiger partial charge in [-0.1, -0.05) is 18.2 Å². The molecule has 0 spiro atoms. The van der Waals surface area contributed by atoms with Crippen LogP contribution in [0.1, 0.15) is 28.7 Å². The highest BCUT2D eigenvalue weighted by molar-refractivity contribution is 5.92. The maximum atomic E-state index is 12.6. The maximum Gasteiger partial charge on any atom is 0.270 e. The summed E-state index contributed by atoms with van der Waals surface area (Å²) < 4.78 is 5.35. The number of aryl methyl sites for hydroxylation is 1. The average Bonchev–Trinajstić information content (AvgIpc) is 2.73. The number of nitrogens with zero attached hydrogens (tertiary/aromatic N) is 4. The van der Waals surface area contributed by atoms with Crippen LogP contribution in [0.4, 0.5) is 5.95 Å². The van der Waals surface area contributed by atoms with Gasteiger partial charge in [0.25, 0.3) is 5.91 Å². The molecule has 1 aliphatic rings. The van der Waals surface area contributed by atoms with Crippen LogP contribution < -0.4 is 15.0 Å². The van der Waals surface area contributed by atoms with E-state index in [1.807, 2.05) is 36.1 Å². The highest BCUT2D eigenvalue weighted by Gasteiger charge is 2.22. The van der Waals surface area contributed by atoms with E-state index in [-0.39, 0.29) is 11.8 Å². The lowest BCUT2D eigenvalue weighted by Crippen LogP contribution is -2.48. The number of para-hydroxylation sites is 1. The van der Waals surface area contributed by atoms with E-state index in [1.165, 1.54) is 0 Å². The predicted octanol–water partition coefficient (Wildman–Crippen LogP) is 1.43. The lowest BCUT2D eigenvalue weighted by atomic mass is 10.1. The summed E-state index contributed by atoms with van der Waals surface area (Å²) in [5.74, 6) is 1.19. The van der Waals surface area contributed by atoms with Gasteiger partial charge < -0.3 is 19.9 Å². The summed E-state index contributed by atoms with van der Waals surface area (Å²) >= 11 is 0. The number of ether oxygens (including phenoxy) is 1. The van der Waals surface area contributed by atoms with Crippen LogP contribution >= 0.6 is 0 Å². The molecule has 0 unspecified atom stereocenters. The monoisotopic (exact) mass is 397 g/mol. The molecule has 8 nitrogen and oxygen atoms in total. The third kappa shape index (κ3) is 5.22. The molecule has 0 radical (unpaired) electrons. The molecule has 0 aliphatic carbocycles. The van der Waals surface area contributed by atoms with Crippen LogP contribution in [0.15, 0.2) is 30.3 Å². The van der Waals surface area contributed by atoms with Gasteiger partial charge in [-0.25, -0.2) is 9.97 Å². The number of carbonyl (C=O) groups is 2. The van der Waals surface area contributed by atoms with Crippen LogP contribution in [0.2, 0.25) is 0 Å². The number of piperazine rings is 1. The number of rotatable bonds is 6. The molecule has 2 amide bonds. The molecule has 1 aromatic heterocycles. The minimum atomic E-state index is -0.228. The zero-order valence-electron chi connectivity index (χ0n) is 17.1. The number of hydrogen-bond donors (Lipinski definition) is 1. The second-order valence-corrected chi connectivity index (χ2v) is 7.01. The van der Waals surface area contributed by atoms with E-state index >= 15 is 0 Å². The molecule has 1 fully saturated rings. The quantitative estimate of drug-likeness (QED) is 0.794. The van der Waals surface area contributed by atoms with Crippen molar-refractivity contribution in [1.29, 1.82) is 0 Å². The first-order chi connectivity index (χ1) is 14.0. The Kier molecular flexibility index (Phi) is 6.64. The Hall–Kier alpha value is -3.16. The van der Waals surface area contributed by atoms with E-state index in [1.54, 1.807) is 25.0 Å². The van der Waals surface area contributed by atoms with Gasteiger partial charge in [0.2, 0.25) is 11.9 Å². The Morgan fingerprint density at radius 1 is 1.14 bits per heavy atom. The van der Waals surface area contributed by atoms with Crippen molar-refractivity contribution in [1.82, 2.24) is 20.2 Å². The largest absolute Gasteiger partial charge is 0.496 e. The van der Waals surface area contributed by atoms with E-state index < -0.39 is 0 Å². The highest BCUT2D eigenvalue weighted by atomic mass is 16.5. The van der Waals surface area contributed by atoms with Crippen molar-refractivity contribution in [3.63, 3.8) is 0 Å². The Morgan fingerprint density at radius 2 is 1.86 bits per heavy atom.